The van der Waals surface area contributed by atoms with Crippen molar-refractivity contribution in [2.75, 3.05) is 0 Å². The number of benzene rings is 6. The SMILES string of the molecule is O=P(c1ccccc1)(c1ccccc1)c1cc(-c2ccc(-c3cccnc3)c(P(=O)(c3ccccc3)c3ccccc3)c2)ccc1-c1cccnc1. The van der Waals surface area contributed by atoms with E-state index in [9.17, 15) is 0 Å². The van der Waals surface area contributed by atoms with Crippen molar-refractivity contribution in [3.8, 4) is 33.4 Å². The zero-order valence-electron chi connectivity index (χ0n) is 28.2. The van der Waals surface area contributed by atoms with Gasteiger partial charge < -0.3 is 9.13 Å². The molecule has 250 valence electrons. The van der Waals surface area contributed by atoms with Gasteiger partial charge in [0.05, 0.1) is 0 Å². The molecule has 2 aromatic heterocycles. The van der Waals surface area contributed by atoms with Crippen molar-refractivity contribution in [2.24, 2.45) is 0 Å². The van der Waals surface area contributed by atoms with Gasteiger partial charge in [0.25, 0.3) is 0 Å². The molecule has 0 atom stereocenters. The molecule has 0 fully saturated rings. The van der Waals surface area contributed by atoms with Crippen LogP contribution < -0.4 is 31.8 Å². The molecule has 6 heteroatoms. The third kappa shape index (κ3) is 6.07. The summed E-state index contributed by atoms with van der Waals surface area (Å²) in [5.74, 6) is 0. The van der Waals surface area contributed by atoms with E-state index in [1.165, 1.54) is 0 Å². The normalized spacial score (nSPS) is 11.6. The summed E-state index contributed by atoms with van der Waals surface area (Å²) in [7, 11) is -6.83. The molecule has 0 N–H and O–H groups in total. The van der Waals surface area contributed by atoms with Crippen LogP contribution in [0.4, 0.5) is 0 Å². The molecular weight excluding hydrogens is 674 g/mol. The summed E-state index contributed by atoms with van der Waals surface area (Å²) in [6.45, 7) is 0. The molecule has 0 bridgehead atoms. The van der Waals surface area contributed by atoms with Crippen molar-refractivity contribution in [3.63, 3.8) is 0 Å². The van der Waals surface area contributed by atoms with Crippen molar-refractivity contribution in [1.82, 2.24) is 9.97 Å². The molecule has 0 amide bonds. The Morgan fingerprint density at radius 2 is 0.654 bits per heavy atom. The zero-order valence-corrected chi connectivity index (χ0v) is 30.0. The summed E-state index contributed by atoms with van der Waals surface area (Å²) in [5.41, 5.74) is 5.17. The van der Waals surface area contributed by atoms with E-state index in [0.717, 1.165) is 54.6 Å². The maximum atomic E-state index is 16.0. The number of nitrogens with zero attached hydrogens (tertiary/aromatic N) is 2. The highest BCUT2D eigenvalue weighted by molar-refractivity contribution is 7.86. The Hall–Kier alpha value is -5.92. The van der Waals surface area contributed by atoms with E-state index in [1.807, 2.05) is 170 Å². The van der Waals surface area contributed by atoms with Crippen LogP contribution in [0.25, 0.3) is 33.4 Å². The predicted molar refractivity (Wildman–Crippen MR) is 217 cm³/mol. The summed E-state index contributed by atoms with van der Waals surface area (Å²) in [5, 5.41) is 4.40. The third-order valence-electron chi connectivity index (χ3n) is 9.43. The van der Waals surface area contributed by atoms with Gasteiger partial charge in [-0.1, -0.05) is 158 Å². The third-order valence-corrected chi connectivity index (χ3v) is 15.6. The van der Waals surface area contributed by atoms with Crippen LogP contribution in [0.2, 0.25) is 0 Å². The predicted octanol–water partition coefficient (Wildman–Crippen LogP) is 8.76. The van der Waals surface area contributed by atoms with Crippen LogP contribution in [0.5, 0.6) is 0 Å². The first-order valence-corrected chi connectivity index (χ1v) is 20.5. The number of hydrogen-bond donors (Lipinski definition) is 0. The Balaban J connectivity index is 1.42. The summed E-state index contributed by atoms with van der Waals surface area (Å²) in [6.07, 6.45) is 7.12. The summed E-state index contributed by atoms with van der Waals surface area (Å²) >= 11 is 0. The van der Waals surface area contributed by atoms with E-state index in [0.29, 0.717) is 10.6 Å². The lowest BCUT2D eigenvalue weighted by molar-refractivity contribution is 0.591. The van der Waals surface area contributed by atoms with E-state index < -0.39 is 14.3 Å². The largest absolute Gasteiger partial charge is 0.309 e. The molecule has 0 saturated carbocycles. The second-order valence-corrected chi connectivity index (χ2v) is 18.0. The highest BCUT2D eigenvalue weighted by atomic mass is 31.2. The topological polar surface area (TPSA) is 59.9 Å². The van der Waals surface area contributed by atoms with Gasteiger partial charge in [-0.25, -0.2) is 0 Å². The van der Waals surface area contributed by atoms with Gasteiger partial charge >= 0.3 is 0 Å². The lowest BCUT2D eigenvalue weighted by atomic mass is 9.98. The maximum Gasteiger partial charge on any atom is 0.171 e. The molecule has 2 heterocycles. The molecule has 0 aliphatic carbocycles. The van der Waals surface area contributed by atoms with Gasteiger partial charge in [-0.2, -0.15) is 0 Å². The molecule has 0 saturated heterocycles. The average Bonchev–Trinajstić information content (AvgIpc) is 3.24. The lowest BCUT2D eigenvalue weighted by Crippen LogP contribution is -2.27. The summed E-state index contributed by atoms with van der Waals surface area (Å²) in [4.78, 5) is 8.84. The van der Waals surface area contributed by atoms with E-state index in [4.69, 9.17) is 0 Å². The van der Waals surface area contributed by atoms with Crippen LogP contribution in [-0.4, -0.2) is 9.97 Å². The Labute approximate surface area is 304 Å². The molecule has 8 rings (SSSR count). The molecule has 0 spiro atoms. The quantitative estimate of drug-likeness (QED) is 0.141. The van der Waals surface area contributed by atoms with E-state index >= 15 is 9.13 Å². The summed E-state index contributed by atoms with van der Waals surface area (Å²) < 4.78 is 31.9. The van der Waals surface area contributed by atoms with Gasteiger partial charge in [0.2, 0.25) is 0 Å². The molecule has 4 nitrogen and oxygen atoms in total. The minimum absolute atomic E-state index is 0.711. The van der Waals surface area contributed by atoms with Gasteiger partial charge in [-0.15, -0.1) is 0 Å². The molecule has 0 aliphatic rings. The van der Waals surface area contributed by atoms with Gasteiger partial charge in [-0.05, 0) is 46.5 Å². The molecule has 0 radical (unpaired) electrons. The highest BCUT2D eigenvalue weighted by Gasteiger charge is 2.35. The van der Waals surface area contributed by atoms with Crippen molar-refractivity contribution in [3.05, 3.63) is 207 Å². The number of hydrogen-bond acceptors (Lipinski definition) is 4. The number of aromatic nitrogens is 2. The van der Waals surface area contributed by atoms with Crippen LogP contribution in [0.1, 0.15) is 0 Å². The molecule has 0 unspecified atom stereocenters. The van der Waals surface area contributed by atoms with Crippen LogP contribution >= 0.6 is 14.3 Å². The fraction of sp³-hybridized carbons (Fsp3) is 0. The van der Waals surface area contributed by atoms with Crippen LogP contribution in [-0.2, 0) is 9.13 Å². The second-order valence-electron chi connectivity index (χ2n) is 12.5. The summed E-state index contributed by atoms with van der Waals surface area (Å²) in [6, 6.07) is 59.0. The van der Waals surface area contributed by atoms with Crippen molar-refractivity contribution in [2.45, 2.75) is 0 Å². The Bertz CT molecular complexity index is 2280. The average molecular weight is 709 g/mol. The maximum absolute atomic E-state index is 16.0. The van der Waals surface area contributed by atoms with Crippen molar-refractivity contribution < 1.29 is 9.13 Å². The van der Waals surface area contributed by atoms with Crippen LogP contribution in [0, 0.1) is 0 Å². The highest BCUT2D eigenvalue weighted by Crippen LogP contribution is 2.48. The zero-order chi connectivity index (χ0) is 35.4. The molecule has 0 aliphatic heterocycles. The van der Waals surface area contributed by atoms with Gasteiger partial charge in [-0.3, -0.25) is 9.97 Å². The number of rotatable bonds is 9. The van der Waals surface area contributed by atoms with Gasteiger partial charge in [0.1, 0.15) is 0 Å². The molecule has 6 aromatic carbocycles. The van der Waals surface area contributed by atoms with Crippen LogP contribution in [0.3, 0.4) is 0 Å². The monoisotopic (exact) mass is 708 g/mol. The Kier molecular flexibility index (Phi) is 9.18. The lowest BCUT2D eigenvalue weighted by Gasteiger charge is -2.25. The minimum Gasteiger partial charge on any atom is -0.309 e. The van der Waals surface area contributed by atoms with Crippen molar-refractivity contribution in [1.29, 1.82) is 0 Å². The van der Waals surface area contributed by atoms with Gasteiger partial charge in [0.15, 0.2) is 14.3 Å². The first kappa shape index (κ1) is 33.2. The number of pyridine rings is 2. The standard InChI is InChI=1S/C46H34N2O2P2/c49-51(39-17-5-1-6-18-39,40-19-7-2-8-20-40)45-31-35(25-27-43(45)37-15-13-29-47-33-37)36-26-28-44(38-16-14-30-48-34-38)46(32-36)52(50,41-21-9-3-10-22-41)42-23-11-4-12-24-42/h1-34H. The van der Waals surface area contributed by atoms with E-state index in [-0.39, 0.29) is 0 Å². The Morgan fingerprint density at radius 1 is 0.327 bits per heavy atom. The van der Waals surface area contributed by atoms with E-state index in [2.05, 4.69) is 34.2 Å². The first-order chi connectivity index (χ1) is 25.6. The van der Waals surface area contributed by atoms with Gasteiger partial charge in [0, 0.05) is 67.7 Å². The van der Waals surface area contributed by atoms with Crippen LogP contribution in [0.15, 0.2) is 207 Å². The van der Waals surface area contributed by atoms with E-state index in [1.54, 1.807) is 12.4 Å². The molecular formula is C46H34N2O2P2. The first-order valence-electron chi connectivity index (χ1n) is 17.1. The smallest absolute Gasteiger partial charge is 0.171 e. The molecule has 8 aromatic rings. The molecule has 52 heavy (non-hydrogen) atoms. The fourth-order valence-electron chi connectivity index (χ4n) is 6.88. The van der Waals surface area contributed by atoms with Crippen molar-refractivity contribution >= 4 is 46.1 Å². The fourth-order valence-corrected chi connectivity index (χ4v) is 12.7. The minimum atomic E-state index is -3.42. The second kappa shape index (κ2) is 14.4. The Morgan fingerprint density at radius 3 is 0.942 bits per heavy atom.